The van der Waals surface area contributed by atoms with E-state index < -0.39 is 0 Å². The van der Waals surface area contributed by atoms with Gasteiger partial charge in [-0.1, -0.05) is 29.8 Å². The monoisotopic (exact) mass is 244 g/mol. The van der Waals surface area contributed by atoms with Gasteiger partial charge in [-0.2, -0.15) is 0 Å². The second-order valence-electron chi connectivity index (χ2n) is 3.99. The van der Waals surface area contributed by atoms with Crippen molar-refractivity contribution in [3.8, 4) is 11.3 Å². The molecule has 4 heteroatoms. The number of aliphatic hydroxyl groups is 1. The number of hydrogen-bond acceptors (Lipinski definition) is 3. The van der Waals surface area contributed by atoms with Gasteiger partial charge in [-0.25, -0.2) is 4.98 Å². The van der Waals surface area contributed by atoms with E-state index in [9.17, 15) is 5.11 Å². The molecule has 86 valence electrons. The molecule has 0 radical (unpaired) electrons. The average Bonchev–Trinajstić information content (AvgIpc) is 2.89. The molecule has 0 saturated heterocycles. The fourth-order valence-electron chi connectivity index (χ4n) is 1.93. The molecule has 0 fully saturated rings. The minimum Gasteiger partial charge on any atom is -0.390 e. The quantitative estimate of drug-likeness (QED) is 0.752. The van der Waals surface area contributed by atoms with Crippen LogP contribution in [0.15, 0.2) is 35.8 Å². The highest BCUT2D eigenvalue weighted by Crippen LogP contribution is 2.26. The fourth-order valence-corrected chi connectivity index (χ4v) is 2.66. The van der Waals surface area contributed by atoms with Crippen molar-refractivity contribution in [1.29, 1.82) is 0 Å². The number of benzene rings is 1. The van der Waals surface area contributed by atoms with E-state index >= 15 is 0 Å². The van der Waals surface area contributed by atoms with E-state index in [2.05, 4.69) is 24.0 Å². The Labute approximate surface area is 103 Å². The average molecular weight is 244 g/mol. The molecule has 3 aromatic rings. The number of thiazole rings is 1. The van der Waals surface area contributed by atoms with Crippen LogP contribution < -0.4 is 0 Å². The van der Waals surface area contributed by atoms with Gasteiger partial charge in [0.1, 0.15) is 0 Å². The third-order valence-electron chi connectivity index (χ3n) is 2.84. The smallest absolute Gasteiger partial charge is 0.194 e. The summed E-state index contributed by atoms with van der Waals surface area (Å²) in [5.74, 6) is 0. The molecule has 17 heavy (non-hydrogen) atoms. The summed E-state index contributed by atoms with van der Waals surface area (Å²) in [6, 6.07) is 8.20. The molecule has 0 bridgehead atoms. The van der Waals surface area contributed by atoms with Gasteiger partial charge in [0, 0.05) is 17.1 Å². The summed E-state index contributed by atoms with van der Waals surface area (Å²) >= 11 is 1.58. The maximum absolute atomic E-state index is 9.48. The summed E-state index contributed by atoms with van der Waals surface area (Å²) < 4.78 is 1.94. The number of hydrogen-bond donors (Lipinski definition) is 1. The molecule has 0 spiro atoms. The van der Waals surface area contributed by atoms with Crippen LogP contribution in [-0.2, 0) is 6.61 Å². The van der Waals surface area contributed by atoms with E-state index in [-0.39, 0.29) is 6.61 Å². The standard InChI is InChI=1S/C13H12N2OS/c1-9-2-4-10(5-3-9)12-11(8-16)15-6-7-17-13(15)14-12/h2-7,16H,8H2,1H3. The maximum Gasteiger partial charge on any atom is 0.194 e. The molecule has 2 heterocycles. The Kier molecular flexibility index (Phi) is 2.46. The van der Waals surface area contributed by atoms with E-state index in [1.54, 1.807) is 11.3 Å². The Morgan fingerprint density at radius 1 is 1.29 bits per heavy atom. The van der Waals surface area contributed by atoms with Crippen molar-refractivity contribution in [3.63, 3.8) is 0 Å². The van der Waals surface area contributed by atoms with Crippen LogP contribution in [0.1, 0.15) is 11.3 Å². The summed E-state index contributed by atoms with van der Waals surface area (Å²) in [7, 11) is 0. The first-order valence-electron chi connectivity index (χ1n) is 5.42. The zero-order valence-corrected chi connectivity index (χ0v) is 10.2. The Balaban J connectivity index is 2.22. The van der Waals surface area contributed by atoms with Crippen LogP contribution >= 0.6 is 11.3 Å². The van der Waals surface area contributed by atoms with E-state index in [0.717, 1.165) is 21.9 Å². The predicted octanol–water partition coefficient (Wildman–Crippen LogP) is 2.86. The first-order chi connectivity index (χ1) is 8.29. The molecule has 1 N–H and O–H groups in total. The van der Waals surface area contributed by atoms with Crippen molar-refractivity contribution in [2.75, 3.05) is 0 Å². The van der Waals surface area contributed by atoms with Gasteiger partial charge < -0.3 is 5.11 Å². The summed E-state index contributed by atoms with van der Waals surface area (Å²) in [6.07, 6.45) is 1.94. The Bertz CT molecular complexity index is 652. The lowest BCUT2D eigenvalue weighted by Gasteiger charge is -2.01. The maximum atomic E-state index is 9.48. The van der Waals surface area contributed by atoms with Gasteiger partial charge in [0.2, 0.25) is 0 Å². The van der Waals surface area contributed by atoms with Crippen LogP contribution in [0, 0.1) is 6.92 Å². The van der Waals surface area contributed by atoms with Gasteiger partial charge in [0.25, 0.3) is 0 Å². The molecule has 1 aromatic carbocycles. The molecular weight excluding hydrogens is 232 g/mol. The topological polar surface area (TPSA) is 37.5 Å². The van der Waals surface area contributed by atoms with Crippen molar-refractivity contribution < 1.29 is 5.11 Å². The van der Waals surface area contributed by atoms with Crippen LogP contribution in [-0.4, -0.2) is 14.5 Å². The van der Waals surface area contributed by atoms with E-state index in [4.69, 9.17) is 0 Å². The summed E-state index contributed by atoms with van der Waals surface area (Å²) in [5, 5.41) is 11.5. The van der Waals surface area contributed by atoms with Crippen LogP contribution in [0.25, 0.3) is 16.2 Å². The Morgan fingerprint density at radius 3 is 2.76 bits per heavy atom. The Hall–Kier alpha value is -1.65. The minimum atomic E-state index is 0.00110. The number of rotatable bonds is 2. The number of aliphatic hydroxyl groups excluding tert-OH is 1. The normalized spacial score (nSPS) is 11.2. The van der Waals surface area contributed by atoms with Crippen LogP contribution in [0.5, 0.6) is 0 Å². The van der Waals surface area contributed by atoms with Crippen molar-refractivity contribution in [2.24, 2.45) is 0 Å². The second-order valence-corrected chi connectivity index (χ2v) is 4.86. The SMILES string of the molecule is Cc1ccc(-c2nc3sccn3c2CO)cc1. The van der Waals surface area contributed by atoms with Crippen molar-refractivity contribution in [2.45, 2.75) is 13.5 Å². The summed E-state index contributed by atoms with van der Waals surface area (Å²) in [6.45, 7) is 2.06. The number of aromatic nitrogens is 2. The zero-order valence-electron chi connectivity index (χ0n) is 9.42. The molecule has 0 aliphatic heterocycles. The van der Waals surface area contributed by atoms with Gasteiger partial charge in [0.15, 0.2) is 4.96 Å². The molecule has 0 atom stereocenters. The van der Waals surface area contributed by atoms with E-state index in [1.807, 2.05) is 28.1 Å². The zero-order chi connectivity index (χ0) is 11.8. The lowest BCUT2D eigenvalue weighted by molar-refractivity contribution is 0.276. The summed E-state index contributed by atoms with van der Waals surface area (Å²) in [4.78, 5) is 5.49. The lowest BCUT2D eigenvalue weighted by Crippen LogP contribution is -1.92. The van der Waals surface area contributed by atoms with Crippen LogP contribution in [0.3, 0.4) is 0 Å². The lowest BCUT2D eigenvalue weighted by atomic mass is 10.1. The molecule has 0 saturated carbocycles. The molecule has 0 unspecified atom stereocenters. The minimum absolute atomic E-state index is 0.00110. The Morgan fingerprint density at radius 2 is 2.06 bits per heavy atom. The molecular formula is C13H12N2OS. The highest BCUT2D eigenvalue weighted by atomic mass is 32.1. The third kappa shape index (κ3) is 1.66. The third-order valence-corrected chi connectivity index (χ3v) is 3.59. The van der Waals surface area contributed by atoms with Crippen molar-refractivity contribution >= 4 is 16.3 Å². The van der Waals surface area contributed by atoms with Gasteiger partial charge in [-0.05, 0) is 6.92 Å². The second kappa shape index (κ2) is 3.98. The van der Waals surface area contributed by atoms with Gasteiger partial charge in [-0.3, -0.25) is 4.40 Å². The summed E-state index contributed by atoms with van der Waals surface area (Å²) in [5.41, 5.74) is 4.00. The van der Waals surface area contributed by atoms with Crippen molar-refractivity contribution in [3.05, 3.63) is 47.1 Å². The van der Waals surface area contributed by atoms with Crippen molar-refractivity contribution in [1.82, 2.24) is 9.38 Å². The first kappa shape index (κ1) is 10.5. The molecule has 3 rings (SSSR count). The van der Waals surface area contributed by atoms with Crippen LogP contribution in [0.4, 0.5) is 0 Å². The van der Waals surface area contributed by atoms with Gasteiger partial charge >= 0.3 is 0 Å². The van der Waals surface area contributed by atoms with E-state index in [1.165, 1.54) is 5.56 Å². The molecule has 0 amide bonds. The molecule has 0 aliphatic rings. The highest BCUT2D eigenvalue weighted by molar-refractivity contribution is 7.15. The van der Waals surface area contributed by atoms with Gasteiger partial charge in [0.05, 0.1) is 18.0 Å². The first-order valence-corrected chi connectivity index (χ1v) is 6.30. The number of fused-ring (bicyclic) bond motifs is 1. The predicted molar refractivity (Wildman–Crippen MR) is 69.2 cm³/mol. The van der Waals surface area contributed by atoms with E-state index in [0.29, 0.717) is 0 Å². The van der Waals surface area contributed by atoms with Gasteiger partial charge in [-0.15, -0.1) is 11.3 Å². The highest BCUT2D eigenvalue weighted by Gasteiger charge is 2.13. The van der Waals surface area contributed by atoms with Crippen LogP contribution in [0.2, 0.25) is 0 Å². The molecule has 3 nitrogen and oxygen atoms in total. The number of nitrogens with zero attached hydrogens (tertiary/aromatic N) is 2. The number of imidazole rings is 1. The fraction of sp³-hybridized carbons (Fsp3) is 0.154. The number of aryl methyl sites for hydroxylation is 1. The largest absolute Gasteiger partial charge is 0.390 e. The molecule has 2 aromatic heterocycles. The molecule has 0 aliphatic carbocycles.